The van der Waals surface area contributed by atoms with E-state index in [2.05, 4.69) is 5.32 Å². The molecule has 0 spiro atoms. The lowest BCUT2D eigenvalue weighted by molar-refractivity contribution is -0.152. The third-order valence-electron chi connectivity index (χ3n) is 3.57. The van der Waals surface area contributed by atoms with Crippen LogP contribution in [0.25, 0.3) is 0 Å². The standard InChI is InChI=1S/C19H20FNO5/c1-12(26-18(22)10-13-5-4-6-14(20)9-13)19(23)21-15-7-8-16(24-2)17(11-15)25-3/h4-9,11-12H,10H2,1-3H3,(H,21,23)/t12-/m0/s1. The van der Waals surface area contributed by atoms with Gasteiger partial charge in [-0.1, -0.05) is 12.1 Å². The van der Waals surface area contributed by atoms with E-state index in [0.29, 0.717) is 22.7 Å². The molecule has 0 heterocycles. The topological polar surface area (TPSA) is 73.9 Å². The van der Waals surface area contributed by atoms with Crippen molar-refractivity contribution in [2.45, 2.75) is 19.4 Å². The predicted octanol–water partition coefficient (Wildman–Crippen LogP) is 2.96. The van der Waals surface area contributed by atoms with Gasteiger partial charge in [0.25, 0.3) is 5.91 Å². The number of benzene rings is 2. The number of ether oxygens (including phenoxy) is 3. The smallest absolute Gasteiger partial charge is 0.311 e. The largest absolute Gasteiger partial charge is 0.493 e. The van der Waals surface area contributed by atoms with Gasteiger partial charge >= 0.3 is 5.97 Å². The van der Waals surface area contributed by atoms with E-state index in [-0.39, 0.29) is 6.42 Å². The zero-order valence-corrected chi connectivity index (χ0v) is 14.7. The Kier molecular flexibility index (Phi) is 6.54. The minimum atomic E-state index is -1.01. The fourth-order valence-corrected chi connectivity index (χ4v) is 2.26. The minimum absolute atomic E-state index is 0.119. The molecule has 0 unspecified atom stereocenters. The first-order valence-electron chi connectivity index (χ1n) is 7.89. The van der Waals surface area contributed by atoms with Crippen LogP contribution in [-0.2, 0) is 20.7 Å². The maximum Gasteiger partial charge on any atom is 0.311 e. The summed E-state index contributed by atoms with van der Waals surface area (Å²) >= 11 is 0. The molecular weight excluding hydrogens is 341 g/mol. The maximum atomic E-state index is 13.1. The minimum Gasteiger partial charge on any atom is -0.493 e. The number of hydrogen-bond donors (Lipinski definition) is 1. The zero-order valence-electron chi connectivity index (χ0n) is 14.7. The van der Waals surface area contributed by atoms with E-state index in [1.807, 2.05) is 0 Å². The second kappa shape index (κ2) is 8.84. The summed E-state index contributed by atoms with van der Waals surface area (Å²) in [6.45, 7) is 1.46. The average molecular weight is 361 g/mol. The fraction of sp³-hybridized carbons (Fsp3) is 0.263. The van der Waals surface area contributed by atoms with Crippen LogP contribution in [0.5, 0.6) is 11.5 Å². The Morgan fingerprint density at radius 1 is 1.08 bits per heavy atom. The summed E-state index contributed by atoms with van der Waals surface area (Å²) in [7, 11) is 3.00. The molecule has 1 atom stereocenters. The summed E-state index contributed by atoms with van der Waals surface area (Å²) in [6, 6.07) is 10.5. The molecule has 0 aliphatic rings. The van der Waals surface area contributed by atoms with Gasteiger partial charge < -0.3 is 19.5 Å². The summed E-state index contributed by atoms with van der Waals surface area (Å²) in [5.74, 6) is -0.564. The van der Waals surface area contributed by atoms with Crippen LogP contribution in [0.2, 0.25) is 0 Å². The number of rotatable bonds is 7. The van der Waals surface area contributed by atoms with E-state index in [1.54, 1.807) is 24.3 Å². The summed E-state index contributed by atoms with van der Waals surface area (Å²) in [5, 5.41) is 2.63. The highest BCUT2D eigenvalue weighted by Crippen LogP contribution is 2.29. The number of methoxy groups -OCH3 is 2. The first-order chi connectivity index (χ1) is 12.4. The SMILES string of the molecule is COc1ccc(NC(=O)[C@H](C)OC(=O)Cc2cccc(F)c2)cc1OC. The Hall–Kier alpha value is -3.09. The number of halogens is 1. The zero-order chi connectivity index (χ0) is 19.1. The monoisotopic (exact) mass is 361 g/mol. The van der Waals surface area contributed by atoms with E-state index in [0.717, 1.165) is 0 Å². The predicted molar refractivity (Wildman–Crippen MR) is 93.8 cm³/mol. The van der Waals surface area contributed by atoms with Crippen LogP contribution in [0.4, 0.5) is 10.1 Å². The molecule has 0 aromatic heterocycles. The average Bonchev–Trinajstić information content (AvgIpc) is 2.61. The van der Waals surface area contributed by atoms with Crippen molar-refractivity contribution in [2.75, 3.05) is 19.5 Å². The van der Waals surface area contributed by atoms with Crippen molar-refractivity contribution in [2.24, 2.45) is 0 Å². The van der Waals surface area contributed by atoms with Crippen LogP contribution < -0.4 is 14.8 Å². The lowest BCUT2D eigenvalue weighted by atomic mass is 10.1. The van der Waals surface area contributed by atoms with Gasteiger partial charge in [0, 0.05) is 11.8 Å². The van der Waals surface area contributed by atoms with Crippen molar-refractivity contribution in [1.82, 2.24) is 0 Å². The van der Waals surface area contributed by atoms with Crippen molar-refractivity contribution in [3.8, 4) is 11.5 Å². The van der Waals surface area contributed by atoms with Gasteiger partial charge in [-0.15, -0.1) is 0 Å². The van der Waals surface area contributed by atoms with Crippen molar-refractivity contribution in [1.29, 1.82) is 0 Å². The number of carbonyl (C=O) groups excluding carboxylic acids is 2. The van der Waals surface area contributed by atoms with Gasteiger partial charge in [0.2, 0.25) is 0 Å². The highest BCUT2D eigenvalue weighted by atomic mass is 19.1. The number of carbonyl (C=O) groups is 2. The van der Waals surface area contributed by atoms with Gasteiger partial charge in [-0.3, -0.25) is 9.59 Å². The summed E-state index contributed by atoms with van der Waals surface area (Å²) in [4.78, 5) is 24.1. The molecule has 0 fully saturated rings. The first-order valence-corrected chi connectivity index (χ1v) is 7.89. The van der Waals surface area contributed by atoms with E-state index >= 15 is 0 Å². The van der Waals surface area contributed by atoms with Gasteiger partial charge in [0.15, 0.2) is 17.6 Å². The van der Waals surface area contributed by atoms with Crippen molar-refractivity contribution in [3.05, 3.63) is 53.8 Å². The molecular formula is C19H20FNO5. The Bertz CT molecular complexity index is 793. The highest BCUT2D eigenvalue weighted by molar-refractivity contribution is 5.95. The Balaban J connectivity index is 1.93. The number of hydrogen-bond acceptors (Lipinski definition) is 5. The number of esters is 1. The molecule has 7 heteroatoms. The van der Waals surface area contributed by atoms with Crippen molar-refractivity contribution >= 4 is 17.6 Å². The van der Waals surface area contributed by atoms with E-state index in [1.165, 1.54) is 39.3 Å². The first kappa shape index (κ1) is 19.2. The summed E-state index contributed by atoms with van der Waals surface area (Å²) < 4.78 is 28.5. The molecule has 0 bridgehead atoms. The van der Waals surface area contributed by atoms with E-state index in [4.69, 9.17) is 14.2 Å². The molecule has 0 radical (unpaired) electrons. The van der Waals surface area contributed by atoms with Gasteiger partial charge in [0.05, 0.1) is 20.6 Å². The molecule has 138 valence electrons. The Morgan fingerprint density at radius 2 is 1.81 bits per heavy atom. The van der Waals surface area contributed by atoms with E-state index in [9.17, 15) is 14.0 Å². The van der Waals surface area contributed by atoms with Crippen LogP contribution >= 0.6 is 0 Å². The third-order valence-corrected chi connectivity index (χ3v) is 3.57. The number of amides is 1. The molecule has 1 amide bonds. The molecule has 0 aliphatic carbocycles. The van der Waals surface area contributed by atoms with Crippen LogP contribution in [0.1, 0.15) is 12.5 Å². The Labute approximate surface area is 150 Å². The molecule has 26 heavy (non-hydrogen) atoms. The summed E-state index contributed by atoms with van der Waals surface area (Å²) in [5.41, 5.74) is 0.947. The van der Waals surface area contributed by atoms with Crippen LogP contribution in [0, 0.1) is 5.82 Å². The number of anilines is 1. The maximum absolute atomic E-state index is 13.1. The van der Waals surface area contributed by atoms with Gasteiger partial charge in [0.1, 0.15) is 5.82 Å². The second-order valence-corrected chi connectivity index (χ2v) is 5.50. The highest BCUT2D eigenvalue weighted by Gasteiger charge is 2.19. The Morgan fingerprint density at radius 3 is 2.46 bits per heavy atom. The molecule has 6 nitrogen and oxygen atoms in total. The van der Waals surface area contributed by atoms with Gasteiger partial charge in [-0.05, 0) is 36.8 Å². The molecule has 2 aromatic rings. The quantitative estimate of drug-likeness (QED) is 0.768. The van der Waals surface area contributed by atoms with Gasteiger partial charge in [-0.2, -0.15) is 0 Å². The molecule has 1 N–H and O–H groups in total. The lowest BCUT2D eigenvalue weighted by Crippen LogP contribution is -2.30. The second-order valence-electron chi connectivity index (χ2n) is 5.50. The lowest BCUT2D eigenvalue weighted by Gasteiger charge is -2.15. The molecule has 0 saturated carbocycles. The molecule has 0 saturated heterocycles. The molecule has 2 aromatic carbocycles. The molecule has 2 rings (SSSR count). The van der Waals surface area contributed by atoms with Crippen molar-refractivity contribution in [3.63, 3.8) is 0 Å². The van der Waals surface area contributed by atoms with Crippen molar-refractivity contribution < 1.29 is 28.2 Å². The third kappa shape index (κ3) is 5.20. The van der Waals surface area contributed by atoms with Crippen LogP contribution in [-0.4, -0.2) is 32.2 Å². The normalized spacial score (nSPS) is 11.4. The fourth-order valence-electron chi connectivity index (χ4n) is 2.26. The van der Waals surface area contributed by atoms with Crippen LogP contribution in [0.3, 0.4) is 0 Å². The van der Waals surface area contributed by atoms with Crippen LogP contribution in [0.15, 0.2) is 42.5 Å². The van der Waals surface area contributed by atoms with E-state index < -0.39 is 23.8 Å². The molecule has 0 aliphatic heterocycles. The van der Waals surface area contributed by atoms with Gasteiger partial charge in [-0.25, -0.2) is 4.39 Å². The summed E-state index contributed by atoms with van der Waals surface area (Å²) in [6.07, 6.45) is -1.13. The number of nitrogens with one attached hydrogen (secondary N) is 1.